The molecular formula is C10H31N3O3Si2. The minimum atomic E-state index is -2.37. The fourth-order valence-corrected chi connectivity index (χ4v) is 3.24. The van der Waals surface area contributed by atoms with Crippen LogP contribution in [-0.2, 0) is 13.3 Å². The first-order valence-electron chi connectivity index (χ1n) is 6.01. The standard InChI is InChI=1S/C10H27N3O3Si.H4Si/c1-14-17(15-2,16-3)10-4-6-12-8-9-13-7-5-11;/h12-13H,4-11H2,1-3H3;1H4. The van der Waals surface area contributed by atoms with E-state index in [0.29, 0.717) is 6.54 Å². The SMILES string of the molecule is CO[Si](CCCNCCNCCN)(OC)OC.[SiH4]. The van der Waals surface area contributed by atoms with E-state index in [4.69, 9.17) is 19.0 Å². The van der Waals surface area contributed by atoms with Gasteiger partial charge in [0.2, 0.25) is 0 Å². The summed E-state index contributed by atoms with van der Waals surface area (Å²) < 4.78 is 16.0. The zero-order valence-corrected chi connectivity index (χ0v) is 12.3. The maximum absolute atomic E-state index is 5.36. The monoisotopic (exact) mass is 297 g/mol. The third-order valence-corrected chi connectivity index (χ3v) is 5.40. The molecule has 0 rings (SSSR count). The maximum Gasteiger partial charge on any atom is 0.500 e. The van der Waals surface area contributed by atoms with Crippen LogP contribution in [0.3, 0.4) is 0 Å². The molecule has 0 saturated carbocycles. The van der Waals surface area contributed by atoms with Gasteiger partial charge in [-0.3, -0.25) is 0 Å². The summed E-state index contributed by atoms with van der Waals surface area (Å²) in [4.78, 5) is 0. The van der Waals surface area contributed by atoms with Gasteiger partial charge in [0.1, 0.15) is 0 Å². The highest BCUT2D eigenvalue weighted by Gasteiger charge is 2.36. The van der Waals surface area contributed by atoms with E-state index in [9.17, 15) is 0 Å². The maximum atomic E-state index is 5.36. The molecular weight excluding hydrogens is 266 g/mol. The first-order chi connectivity index (χ1) is 8.24. The molecule has 0 atom stereocenters. The Hall–Kier alpha value is 0.194. The van der Waals surface area contributed by atoms with Crippen molar-refractivity contribution in [1.82, 2.24) is 10.6 Å². The minimum absolute atomic E-state index is 0. The van der Waals surface area contributed by atoms with Crippen molar-refractivity contribution in [2.45, 2.75) is 12.5 Å². The van der Waals surface area contributed by atoms with Gasteiger partial charge in [0.25, 0.3) is 0 Å². The Morgan fingerprint density at radius 2 is 1.39 bits per heavy atom. The minimum Gasteiger partial charge on any atom is -0.377 e. The van der Waals surface area contributed by atoms with Crippen LogP contribution in [0.1, 0.15) is 6.42 Å². The van der Waals surface area contributed by atoms with Crippen LogP contribution in [-0.4, -0.2) is 73.8 Å². The molecule has 6 nitrogen and oxygen atoms in total. The topological polar surface area (TPSA) is 77.8 Å². The first kappa shape index (κ1) is 20.5. The predicted octanol–water partition coefficient (Wildman–Crippen LogP) is -2.06. The lowest BCUT2D eigenvalue weighted by atomic mass is 10.4. The molecule has 4 N–H and O–H groups in total. The van der Waals surface area contributed by atoms with E-state index in [-0.39, 0.29) is 11.0 Å². The van der Waals surface area contributed by atoms with Crippen LogP contribution < -0.4 is 16.4 Å². The van der Waals surface area contributed by atoms with Gasteiger partial charge in [-0.25, -0.2) is 0 Å². The second-order valence-electron chi connectivity index (χ2n) is 3.69. The summed E-state index contributed by atoms with van der Waals surface area (Å²) in [7, 11) is 2.56. The number of hydrogen-bond donors (Lipinski definition) is 3. The number of rotatable bonds is 12. The Morgan fingerprint density at radius 1 is 0.889 bits per heavy atom. The van der Waals surface area contributed by atoms with Crippen molar-refractivity contribution in [2.24, 2.45) is 5.73 Å². The highest BCUT2D eigenvalue weighted by atomic mass is 28.4. The molecule has 0 aromatic carbocycles. The molecule has 0 aromatic heterocycles. The van der Waals surface area contributed by atoms with E-state index < -0.39 is 8.80 Å². The summed E-state index contributed by atoms with van der Waals surface area (Å²) in [6, 6.07) is 0.833. The normalized spacial score (nSPS) is 11.3. The van der Waals surface area contributed by atoms with E-state index in [0.717, 1.165) is 38.6 Å². The van der Waals surface area contributed by atoms with Gasteiger partial charge in [0, 0.05) is 53.6 Å². The van der Waals surface area contributed by atoms with Gasteiger partial charge < -0.3 is 29.6 Å². The molecule has 0 amide bonds. The Balaban J connectivity index is 0. The van der Waals surface area contributed by atoms with Crippen LogP contribution in [0.25, 0.3) is 0 Å². The van der Waals surface area contributed by atoms with E-state index in [1.165, 1.54) is 0 Å². The zero-order valence-electron chi connectivity index (χ0n) is 11.3. The molecule has 0 aliphatic carbocycles. The molecule has 112 valence electrons. The van der Waals surface area contributed by atoms with Crippen LogP contribution in [0, 0.1) is 0 Å². The van der Waals surface area contributed by atoms with Crippen molar-refractivity contribution in [3.63, 3.8) is 0 Å². The van der Waals surface area contributed by atoms with E-state index in [1.807, 2.05) is 0 Å². The van der Waals surface area contributed by atoms with E-state index >= 15 is 0 Å². The molecule has 0 unspecified atom stereocenters. The lowest BCUT2D eigenvalue weighted by molar-refractivity contribution is 0.123. The van der Waals surface area contributed by atoms with Gasteiger partial charge in [-0.15, -0.1) is 0 Å². The Labute approximate surface area is 116 Å². The van der Waals surface area contributed by atoms with Crippen LogP contribution in [0.4, 0.5) is 0 Å². The summed E-state index contributed by atoms with van der Waals surface area (Å²) in [6.45, 7) is 4.38. The smallest absolute Gasteiger partial charge is 0.377 e. The fraction of sp³-hybridized carbons (Fsp3) is 1.00. The summed E-state index contributed by atoms with van der Waals surface area (Å²) >= 11 is 0. The lowest BCUT2D eigenvalue weighted by Crippen LogP contribution is -2.43. The molecule has 18 heavy (non-hydrogen) atoms. The molecule has 0 fully saturated rings. The number of hydrogen-bond acceptors (Lipinski definition) is 6. The summed E-state index contributed by atoms with van der Waals surface area (Å²) in [5.41, 5.74) is 5.36. The fourth-order valence-electron chi connectivity index (χ4n) is 1.51. The summed E-state index contributed by atoms with van der Waals surface area (Å²) in [5.74, 6) is 0. The molecule has 0 aliphatic rings. The zero-order chi connectivity index (χ0) is 13.0. The molecule has 0 aromatic rings. The average molecular weight is 298 g/mol. The molecule has 0 saturated heterocycles. The second-order valence-corrected chi connectivity index (χ2v) is 6.78. The Bertz CT molecular complexity index is 166. The highest BCUT2D eigenvalue weighted by molar-refractivity contribution is 6.60. The average Bonchev–Trinajstić information content (AvgIpc) is 2.38. The Morgan fingerprint density at radius 3 is 1.83 bits per heavy atom. The van der Waals surface area contributed by atoms with Gasteiger partial charge in [0.15, 0.2) is 0 Å². The van der Waals surface area contributed by atoms with Crippen LogP contribution in [0.15, 0.2) is 0 Å². The van der Waals surface area contributed by atoms with Crippen molar-refractivity contribution in [2.75, 3.05) is 54.1 Å². The third-order valence-electron chi connectivity index (χ3n) is 2.57. The van der Waals surface area contributed by atoms with Crippen LogP contribution >= 0.6 is 0 Å². The van der Waals surface area contributed by atoms with Gasteiger partial charge >= 0.3 is 8.80 Å². The van der Waals surface area contributed by atoms with E-state index in [1.54, 1.807) is 21.3 Å². The van der Waals surface area contributed by atoms with Crippen molar-refractivity contribution < 1.29 is 13.3 Å². The molecule has 8 heteroatoms. The van der Waals surface area contributed by atoms with Crippen molar-refractivity contribution in [3.05, 3.63) is 0 Å². The largest absolute Gasteiger partial charge is 0.500 e. The third kappa shape index (κ3) is 9.17. The summed E-state index contributed by atoms with van der Waals surface area (Å²) in [5, 5.41) is 6.56. The number of nitrogens with one attached hydrogen (secondary N) is 2. The first-order valence-corrected chi connectivity index (χ1v) is 7.94. The number of nitrogens with two attached hydrogens (primary N) is 1. The van der Waals surface area contributed by atoms with E-state index in [2.05, 4.69) is 10.6 Å². The van der Waals surface area contributed by atoms with Gasteiger partial charge in [0.05, 0.1) is 0 Å². The van der Waals surface area contributed by atoms with Crippen molar-refractivity contribution in [3.8, 4) is 0 Å². The molecule has 0 heterocycles. The quantitative estimate of drug-likeness (QED) is 0.284. The molecule has 0 spiro atoms. The molecule has 0 bridgehead atoms. The van der Waals surface area contributed by atoms with Gasteiger partial charge in [-0.1, -0.05) is 0 Å². The van der Waals surface area contributed by atoms with Crippen LogP contribution in [0.5, 0.6) is 0 Å². The van der Waals surface area contributed by atoms with Crippen molar-refractivity contribution in [1.29, 1.82) is 0 Å². The summed E-state index contributed by atoms with van der Waals surface area (Å²) in [6.07, 6.45) is 0.985. The molecule has 0 aliphatic heterocycles. The Kier molecular flexibility index (Phi) is 15.5. The second kappa shape index (κ2) is 13.6. The lowest BCUT2D eigenvalue weighted by Gasteiger charge is -2.24. The van der Waals surface area contributed by atoms with Gasteiger partial charge in [-0.05, 0) is 23.9 Å². The predicted molar refractivity (Wildman–Crippen MR) is 82.3 cm³/mol. The van der Waals surface area contributed by atoms with Gasteiger partial charge in [-0.2, -0.15) is 0 Å². The van der Waals surface area contributed by atoms with Crippen LogP contribution in [0.2, 0.25) is 6.04 Å². The molecule has 0 radical (unpaired) electrons. The van der Waals surface area contributed by atoms with Crippen molar-refractivity contribution >= 4 is 19.8 Å². The highest BCUT2D eigenvalue weighted by Crippen LogP contribution is 2.14.